The van der Waals surface area contributed by atoms with Crippen LogP contribution in [-0.2, 0) is 23.9 Å². The molecule has 8 heteroatoms. The van der Waals surface area contributed by atoms with Crippen LogP contribution >= 0.6 is 0 Å². The maximum Gasteiger partial charge on any atom is 0.133 e. The van der Waals surface area contributed by atoms with Gasteiger partial charge in [-0.25, -0.2) is 9.97 Å². The van der Waals surface area contributed by atoms with E-state index >= 15 is 0 Å². The van der Waals surface area contributed by atoms with Crippen LogP contribution in [0.2, 0.25) is 0 Å². The summed E-state index contributed by atoms with van der Waals surface area (Å²) in [6.45, 7) is 13.7. The number of pyridine rings is 4. The Bertz CT molecular complexity index is 2360. The van der Waals surface area contributed by atoms with Crippen molar-refractivity contribution in [3.8, 4) is 34.0 Å². The minimum absolute atomic E-state index is 0.106. The summed E-state index contributed by atoms with van der Waals surface area (Å²) in [6, 6.07) is 31.4. The van der Waals surface area contributed by atoms with Gasteiger partial charge in [-0.3, -0.25) is 20.0 Å². The van der Waals surface area contributed by atoms with Gasteiger partial charge in [0.05, 0.1) is 46.9 Å². The van der Waals surface area contributed by atoms with E-state index in [-0.39, 0.29) is 22.3 Å². The zero-order valence-electron chi connectivity index (χ0n) is 31.5. The van der Waals surface area contributed by atoms with Gasteiger partial charge >= 0.3 is 0 Å². The van der Waals surface area contributed by atoms with E-state index in [0.29, 0.717) is 57.8 Å². The summed E-state index contributed by atoms with van der Waals surface area (Å²) in [5.74, 6) is 0.212. The number of fused-ring (bicyclic) bond motifs is 3. The highest BCUT2D eigenvalue weighted by atomic mass is 16.3. The molecular weight excluding hydrogens is 669 g/mol. The van der Waals surface area contributed by atoms with Gasteiger partial charge in [-0.15, -0.1) is 0 Å². The Labute approximate surface area is 316 Å². The van der Waals surface area contributed by atoms with Gasteiger partial charge in [0.25, 0.3) is 0 Å². The van der Waals surface area contributed by atoms with Gasteiger partial charge in [0, 0.05) is 57.8 Å². The van der Waals surface area contributed by atoms with Crippen LogP contribution in [-0.4, -0.2) is 42.6 Å². The Hall–Kier alpha value is -6.28. The van der Waals surface area contributed by atoms with Crippen molar-refractivity contribution in [3.63, 3.8) is 0 Å². The van der Waals surface area contributed by atoms with Crippen molar-refractivity contribution in [1.82, 2.24) is 19.9 Å². The van der Waals surface area contributed by atoms with E-state index in [1.54, 1.807) is 24.8 Å². The normalized spacial score (nSPS) is 12.4. The predicted molar refractivity (Wildman–Crippen MR) is 220 cm³/mol. The van der Waals surface area contributed by atoms with Gasteiger partial charge in [-0.05, 0) is 82.6 Å². The van der Waals surface area contributed by atoms with Crippen molar-refractivity contribution in [2.75, 3.05) is 0 Å². The zero-order chi connectivity index (χ0) is 38.0. The van der Waals surface area contributed by atoms with Crippen LogP contribution in [0.3, 0.4) is 0 Å². The summed E-state index contributed by atoms with van der Waals surface area (Å²) < 4.78 is 0. The zero-order valence-corrected chi connectivity index (χ0v) is 31.5. The quantitative estimate of drug-likeness (QED) is 0.120. The van der Waals surface area contributed by atoms with Crippen LogP contribution in [0.4, 0.5) is 0 Å². The van der Waals surface area contributed by atoms with E-state index in [9.17, 15) is 10.2 Å². The largest absolute Gasteiger partial charge is 0.507 e. The van der Waals surface area contributed by atoms with Crippen molar-refractivity contribution in [3.05, 3.63) is 143 Å². The lowest BCUT2D eigenvalue weighted by molar-refractivity contribution is 0.474. The predicted octanol–water partition coefficient (Wildman–Crippen LogP) is 10.2. The van der Waals surface area contributed by atoms with Gasteiger partial charge in [0.1, 0.15) is 11.5 Å². The highest BCUT2D eigenvalue weighted by Gasteiger charge is 2.22. The Balaban J connectivity index is 1.33. The van der Waals surface area contributed by atoms with Crippen LogP contribution < -0.4 is 0 Å². The average molecular weight is 713 g/mol. The Morgan fingerprint density at radius 1 is 0.537 bits per heavy atom. The van der Waals surface area contributed by atoms with Crippen molar-refractivity contribution in [1.29, 1.82) is 0 Å². The van der Waals surface area contributed by atoms with Crippen molar-refractivity contribution in [2.24, 2.45) is 9.98 Å². The first-order chi connectivity index (χ1) is 25.8. The number of phenolic OH excluding ortho intramolecular Hbond substituents is 2. The lowest BCUT2D eigenvalue weighted by atomic mass is 9.84. The van der Waals surface area contributed by atoms with Gasteiger partial charge in [-0.2, -0.15) is 0 Å². The van der Waals surface area contributed by atoms with E-state index in [2.05, 4.69) is 61.5 Å². The monoisotopic (exact) mass is 712 g/mol. The summed E-state index contributed by atoms with van der Waals surface area (Å²) in [6.07, 6.45) is 6.92. The van der Waals surface area contributed by atoms with Crippen LogP contribution in [0, 0.1) is 0 Å². The molecule has 270 valence electrons. The third-order valence-electron chi connectivity index (χ3n) is 9.50. The van der Waals surface area contributed by atoms with Crippen LogP contribution in [0.1, 0.15) is 75.2 Å². The van der Waals surface area contributed by atoms with Gasteiger partial charge in [0.2, 0.25) is 0 Å². The molecule has 0 atom stereocenters. The van der Waals surface area contributed by atoms with Gasteiger partial charge in [-0.1, -0.05) is 77.9 Å². The molecule has 8 nitrogen and oxygen atoms in total. The van der Waals surface area contributed by atoms with E-state index < -0.39 is 0 Å². The van der Waals surface area contributed by atoms with E-state index in [0.717, 1.165) is 33.3 Å². The number of rotatable bonds is 8. The topological polar surface area (TPSA) is 117 Å². The van der Waals surface area contributed by atoms with E-state index in [1.807, 2.05) is 97.1 Å². The number of nitrogens with zero attached hydrogens (tertiary/aromatic N) is 6. The first-order valence-electron chi connectivity index (χ1n) is 18.1. The Morgan fingerprint density at radius 3 is 1.31 bits per heavy atom. The molecule has 0 fully saturated rings. The average Bonchev–Trinajstić information content (AvgIpc) is 3.15. The van der Waals surface area contributed by atoms with E-state index in [4.69, 9.17) is 9.97 Å². The molecule has 0 bridgehead atoms. The van der Waals surface area contributed by atoms with Crippen LogP contribution in [0.5, 0.6) is 11.5 Å². The Morgan fingerprint density at radius 2 is 0.944 bits per heavy atom. The number of aliphatic imine (C=N–C) groups is 2. The second-order valence-electron chi connectivity index (χ2n) is 15.6. The fraction of sp³-hybridized carbons (Fsp3) is 0.217. The number of aromatic hydroxyl groups is 2. The van der Waals surface area contributed by atoms with Crippen molar-refractivity contribution in [2.45, 2.75) is 65.5 Å². The number of benzene rings is 3. The highest BCUT2D eigenvalue weighted by molar-refractivity contribution is 6.04. The fourth-order valence-electron chi connectivity index (χ4n) is 6.29. The number of aromatic nitrogens is 4. The third kappa shape index (κ3) is 7.74. The summed E-state index contributed by atoms with van der Waals surface area (Å²) >= 11 is 0. The molecule has 0 radical (unpaired) electrons. The molecule has 0 saturated carbocycles. The maximum atomic E-state index is 11.7. The number of hydrogen-bond acceptors (Lipinski definition) is 8. The molecule has 7 aromatic rings. The molecule has 0 aliphatic carbocycles. The standard InChI is InChI=1S/C46H44N6O2/c1-45(2,3)33-21-31(25-47-27-35-11-7-9-19-49-35)43(53)37(23-33)39-17-15-29-13-14-30-16-18-40(52-42(30)41(29)51-39)38-24-34(46(4,5)6)22-32(44(38)54)26-48-28-36-12-8-10-20-50-36/h7-26,53-54H,27-28H2,1-6H3/b47-25+,48-26+. The molecule has 4 aromatic heterocycles. The van der Waals surface area contributed by atoms with Crippen LogP contribution in [0.15, 0.2) is 119 Å². The first kappa shape index (κ1) is 36.1. The first-order valence-corrected chi connectivity index (χ1v) is 18.1. The van der Waals surface area contributed by atoms with Gasteiger partial charge < -0.3 is 10.2 Å². The molecule has 2 N–H and O–H groups in total. The minimum atomic E-state index is -0.197. The molecular formula is C46H44N6O2. The second kappa shape index (κ2) is 14.6. The maximum absolute atomic E-state index is 11.7. The molecule has 54 heavy (non-hydrogen) atoms. The molecule has 0 spiro atoms. The smallest absolute Gasteiger partial charge is 0.133 e. The molecule has 0 saturated heterocycles. The van der Waals surface area contributed by atoms with Crippen LogP contribution in [0.25, 0.3) is 44.3 Å². The molecule has 3 aromatic carbocycles. The molecule has 0 amide bonds. The molecule has 0 aliphatic heterocycles. The second-order valence-corrected chi connectivity index (χ2v) is 15.6. The summed E-state index contributed by atoms with van der Waals surface area (Å²) in [5.41, 5.74) is 8.47. The molecule has 4 heterocycles. The molecule has 0 unspecified atom stereocenters. The number of hydrogen-bond donors (Lipinski definition) is 2. The van der Waals surface area contributed by atoms with Crippen molar-refractivity contribution < 1.29 is 10.2 Å². The van der Waals surface area contributed by atoms with Crippen molar-refractivity contribution >= 4 is 34.2 Å². The summed E-state index contributed by atoms with van der Waals surface area (Å²) in [4.78, 5) is 28.3. The molecule has 7 rings (SSSR count). The fourth-order valence-corrected chi connectivity index (χ4v) is 6.29. The molecule has 0 aliphatic rings. The van der Waals surface area contributed by atoms with E-state index in [1.165, 1.54) is 0 Å². The summed E-state index contributed by atoms with van der Waals surface area (Å²) in [5, 5.41) is 25.2. The van der Waals surface area contributed by atoms with Gasteiger partial charge in [0.15, 0.2) is 0 Å². The third-order valence-corrected chi connectivity index (χ3v) is 9.50. The lowest BCUT2D eigenvalue weighted by Gasteiger charge is -2.22. The Kier molecular flexibility index (Phi) is 9.77. The SMILES string of the molecule is CC(C)(C)c1cc(/C=N/Cc2ccccn2)c(O)c(-c2ccc3ccc4ccc(-c5cc(C(C)(C)C)cc(/C=N/Cc6ccccn6)c5O)nc4c3n2)c1. The highest BCUT2D eigenvalue weighted by Crippen LogP contribution is 2.39. The summed E-state index contributed by atoms with van der Waals surface area (Å²) in [7, 11) is 0. The minimum Gasteiger partial charge on any atom is -0.507 e. The number of phenols is 2. The lowest BCUT2D eigenvalue weighted by Crippen LogP contribution is -2.12.